The fraction of sp³-hybridized carbons (Fsp3) is 0.654. The third kappa shape index (κ3) is 5.01. The quantitative estimate of drug-likeness (QED) is 0.572. The summed E-state index contributed by atoms with van der Waals surface area (Å²) in [6.45, 7) is 8.89. The van der Waals surface area contributed by atoms with Crippen molar-refractivity contribution in [3.8, 4) is 5.75 Å². The lowest BCUT2D eigenvalue weighted by Crippen LogP contribution is -2.63. The zero-order chi connectivity index (χ0) is 25.2. The molecule has 0 spiro atoms. The van der Waals surface area contributed by atoms with Crippen molar-refractivity contribution in [2.45, 2.75) is 19.4 Å². The Morgan fingerprint density at radius 1 is 0.944 bits per heavy atom. The van der Waals surface area contributed by atoms with E-state index < -0.39 is 0 Å². The first-order chi connectivity index (χ1) is 17.4. The van der Waals surface area contributed by atoms with E-state index in [1.54, 1.807) is 18.9 Å². The Morgan fingerprint density at radius 2 is 1.67 bits per heavy atom. The number of carbonyl (C=O) groups excluding carboxylic acids is 3. The van der Waals surface area contributed by atoms with E-state index in [4.69, 9.17) is 9.47 Å². The number of anilines is 1. The van der Waals surface area contributed by atoms with Gasteiger partial charge in [-0.3, -0.25) is 19.3 Å². The van der Waals surface area contributed by atoms with Gasteiger partial charge in [-0.2, -0.15) is 0 Å². The Hall–Kier alpha value is -2.85. The Labute approximate surface area is 212 Å². The van der Waals surface area contributed by atoms with Gasteiger partial charge in [0.1, 0.15) is 5.75 Å². The summed E-state index contributed by atoms with van der Waals surface area (Å²) in [5, 5.41) is 0. The number of carbonyl (C=O) groups is 3. The van der Waals surface area contributed by atoms with Crippen LogP contribution in [-0.2, 0) is 25.5 Å². The summed E-state index contributed by atoms with van der Waals surface area (Å²) in [6, 6.07) is 6.09. The van der Waals surface area contributed by atoms with E-state index in [0.29, 0.717) is 72.0 Å². The van der Waals surface area contributed by atoms with Gasteiger partial charge in [-0.15, -0.1) is 0 Å². The maximum atomic E-state index is 13.9. The van der Waals surface area contributed by atoms with Gasteiger partial charge in [0.15, 0.2) is 0 Å². The molecule has 1 aromatic rings. The molecule has 0 aromatic heterocycles. The molecule has 0 radical (unpaired) electrons. The molecule has 1 aromatic carbocycles. The Kier molecular flexibility index (Phi) is 7.34. The SMILES string of the molecule is COc1ccc2c(c1)N1CCN(CC(=O)N3CCOCC3)C[C@@H]1[C@@H](C(=O)N1CCN(C(C)=O)CC1)C2. The average Bonchev–Trinajstić information content (AvgIpc) is 2.92. The van der Waals surface area contributed by atoms with Crippen LogP contribution in [0.15, 0.2) is 18.2 Å². The van der Waals surface area contributed by atoms with Crippen molar-refractivity contribution in [2.24, 2.45) is 5.92 Å². The molecule has 10 nitrogen and oxygen atoms in total. The van der Waals surface area contributed by atoms with Crippen LogP contribution in [0.2, 0.25) is 0 Å². The predicted molar refractivity (Wildman–Crippen MR) is 134 cm³/mol. The molecule has 0 bridgehead atoms. The molecular formula is C26H37N5O5. The lowest BCUT2D eigenvalue weighted by Gasteiger charge is -2.50. The average molecular weight is 500 g/mol. The van der Waals surface area contributed by atoms with E-state index >= 15 is 0 Å². The maximum Gasteiger partial charge on any atom is 0.236 e. The van der Waals surface area contributed by atoms with E-state index in [-0.39, 0.29) is 29.7 Å². The highest BCUT2D eigenvalue weighted by Gasteiger charge is 2.44. The van der Waals surface area contributed by atoms with Crippen molar-refractivity contribution >= 4 is 23.4 Å². The Bertz CT molecular complexity index is 989. The zero-order valence-corrected chi connectivity index (χ0v) is 21.4. The van der Waals surface area contributed by atoms with Gasteiger partial charge in [0, 0.05) is 77.6 Å². The number of hydrogen-bond donors (Lipinski definition) is 0. The fourth-order valence-electron chi connectivity index (χ4n) is 5.97. The third-order valence-corrected chi connectivity index (χ3v) is 8.09. The number of piperazine rings is 2. The lowest BCUT2D eigenvalue weighted by molar-refractivity contribution is -0.142. The van der Waals surface area contributed by atoms with Crippen LogP contribution in [0.3, 0.4) is 0 Å². The standard InChI is InChI=1S/C26H37N5O5/c1-19(32)28-6-8-30(9-7-28)26(34)22-15-20-3-4-21(35-2)16-23(20)31-10-5-27(17-24(22)31)18-25(33)29-11-13-36-14-12-29/h3-4,16,22,24H,5-15,17-18H2,1-2H3/t22-,24+/m0/s1. The molecule has 0 aliphatic carbocycles. The van der Waals surface area contributed by atoms with Crippen molar-refractivity contribution in [3.05, 3.63) is 23.8 Å². The molecule has 4 heterocycles. The van der Waals surface area contributed by atoms with Gasteiger partial charge in [-0.1, -0.05) is 6.07 Å². The second-order valence-corrected chi connectivity index (χ2v) is 10.1. The minimum Gasteiger partial charge on any atom is -0.497 e. The van der Waals surface area contributed by atoms with Crippen molar-refractivity contribution in [3.63, 3.8) is 0 Å². The number of benzene rings is 1. The van der Waals surface area contributed by atoms with Crippen LogP contribution in [0.1, 0.15) is 12.5 Å². The number of ether oxygens (including phenoxy) is 2. The van der Waals surface area contributed by atoms with Gasteiger partial charge in [0.25, 0.3) is 0 Å². The van der Waals surface area contributed by atoms with Crippen molar-refractivity contribution < 1.29 is 23.9 Å². The van der Waals surface area contributed by atoms with E-state index in [1.807, 2.05) is 15.9 Å². The van der Waals surface area contributed by atoms with Crippen LogP contribution >= 0.6 is 0 Å². The molecule has 3 amide bonds. The molecule has 2 atom stereocenters. The summed E-state index contributed by atoms with van der Waals surface area (Å²) in [4.78, 5) is 48.7. The van der Waals surface area contributed by atoms with Crippen LogP contribution in [0.25, 0.3) is 0 Å². The number of amides is 3. The first-order valence-electron chi connectivity index (χ1n) is 13.0. The summed E-state index contributed by atoms with van der Waals surface area (Å²) in [5.74, 6) is 0.948. The first kappa shape index (κ1) is 24.8. The number of fused-ring (bicyclic) bond motifs is 3. The van der Waals surface area contributed by atoms with Crippen LogP contribution in [-0.4, -0.2) is 129 Å². The first-order valence-corrected chi connectivity index (χ1v) is 13.0. The van der Waals surface area contributed by atoms with Gasteiger partial charge >= 0.3 is 0 Å². The number of nitrogens with zero attached hydrogens (tertiary/aromatic N) is 5. The summed E-state index contributed by atoms with van der Waals surface area (Å²) in [7, 11) is 1.67. The second kappa shape index (κ2) is 10.6. The van der Waals surface area contributed by atoms with E-state index in [9.17, 15) is 14.4 Å². The van der Waals surface area contributed by atoms with Gasteiger partial charge < -0.3 is 29.1 Å². The van der Waals surface area contributed by atoms with Crippen molar-refractivity contribution in [2.75, 3.05) is 90.7 Å². The molecule has 196 valence electrons. The Morgan fingerprint density at radius 3 is 2.36 bits per heavy atom. The number of rotatable bonds is 4. The van der Waals surface area contributed by atoms with Crippen LogP contribution < -0.4 is 9.64 Å². The summed E-state index contributed by atoms with van der Waals surface area (Å²) in [5.41, 5.74) is 2.29. The monoisotopic (exact) mass is 499 g/mol. The van der Waals surface area contributed by atoms with Crippen molar-refractivity contribution in [1.82, 2.24) is 19.6 Å². The van der Waals surface area contributed by atoms with E-state index in [1.165, 1.54) is 0 Å². The van der Waals surface area contributed by atoms with Gasteiger partial charge in [0.2, 0.25) is 17.7 Å². The van der Waals surface area contributed by atoms with Gasteiger partial charge in [-0.05, 0) is 18.1 Å². The minimum atomic E-state index is -0.198. The highest BCUT2D eigenvalue weighted by Crippen LogP contribution is 2.39. The number of hydrogen-bond acceptors (Lipinski definition) is 7. The maximum absolute atomic E-state index is 13.9. The normalized spacial score (nSPS) is 24.7. The molecule has 5 rings (SSSR count). The van der Waals surface area contributed by atoms with Crippen LogP contribution in [0, 0.1) is 5.92 Å². The molecule has 3 saturated heterocycles. The summed E-state index contributed by atoms with van der Waals surface area (Å²) < 4.78 is 10.9. The zero-order valence-electron chi connectivity index (χ0n) is 21.4. The largest absolute Gasteiger partial charge is 0.497 e. The molecule has 3 fully saturated rings. The van der Waals surface area contributed by atoms with Gasteiger partial charge in [0.05, 0.1) is 38.8 Å². The molecule has 0 unspecified atom stereocenters. The van der Waals surface area contributed by atoms with Crippen LogP contribution in [0.5, 0.6) is 5.75 Å². The molecular weight excluding hydrogens is 462 g/mol. The minimum absolute atomic E-state index is 0.0193. The summed E-state index contributed by atoms with van der Waals surface area (Å²) >= 11 is 0. The molecule has 10 heteroatoms. The Balaban J connectivity index is 1.34. The van der Waals surface area contributed by atoms with E-state index in [2.05, 4.69) is 21.9 Å². The highest BCUT2D eigenvalue weighted by atomic mass is 16.5. The smallest absolute Gasteiger partial charge is 0.236 e. The lowest BCUT2D eigenvalue weighted by atomic mass is 9.82. The van der Waals surface area contributed by atoms with Gasteiger partial charge in [-0.25, -0.2) is 0 Å². The second-order valence-electron chi connectivity index (χ2n) is 10.1. The molecule has 4 aliphatic rings. The topological polar surface area (TPSA) is 85.9 Å². The number of methoxy groups -OCH3 is 1. The van der Waals surface area contributed by atoms with Crippen molar-refractivity contribution in [1.29, 1.82) is 0 Å². The molecule has 4 aliphatic heterocycles. The van der Waals surface area contributed by atoms with E-state index in [0.717, 1.165) is 30.1 Å². The fourth-order valence-corrected chi connectivity index (χ4v) is 5.97. The highest BCUT2D eigenvalue weighted by molar-refractivity contribution is 5.83. The molecule has 36 heavy (non-hydrogen) atoms. The summed E-state index contributed by atoms with van der Waals surface area (Å²) in [6.07, 6.45) is 0.664. The molecule has 0 saturated carbocycles. The van der Waals surface area contributed by atoms with Crippen LogP contribution in [0.4, 0.5) is 5.69 Å². The third-order valence-electron chi connectivity index (χ3n) is 8.09. The predicted octanol–water partition coefficient (Wildman–Crippen LogP) is -0.0924. The molecule has 0 N–H and O–H groups in total. The number of morpholine rings is 1.